The SMILES string of the molecule is Cc1cnc(-c2ncc(Br)c(C(=O)O)n2)c(C)c1. The van der Waals surface area contributed by atoms with Crippen molar-refractivity contribution in [3.05, 3.63) is 39.8 Å². The van der Waals surface area contributed by atoms with Crippen molar-refractivity contribution in [2.45, 2.75) is 13.8 Å². The van der Waals surface area contributed by atoms with Crippen molar-refractivity contribution in [1.82, 2.24) is 15.0 Å². The van der Waals surface area contributed by atoms with Gasteiger partial charge in [-0.2, -0.15) is 0 Å². The second kappa shape index (κ2) is 4.81. The van der Waals surface area contributed by atoms with Crippen LogP contribution >= 0.6 is 15.9 Å². The van der Waals surface area contributed by atoms with Crippen molar-refractivity contribution in [3.8, 4) is 11.5 Å². The Kier molecular flexibility index (Phi) is 3.38. The molecule has 6 heteroatoms. The van der Waals surface area contributed by atoms with Gasteiger partial charge in [0.15, 0.2) is 11.5 Å². The van der Waals surface area contributed by atoms with Crippen LogP contribution in [0.1, 0.15) is 21.6 Å². The minimum atomic E-state index is -1.10. The van der Waals surface area contributed by atoms with Gasteiger partial charge in [-0.1, -0.05) is 6.07 Å². The Hall–Kier alpha value is -1.82. The molecule has 0 aromatic carbocycles. The van der Waals surface area contributed by atoms with Gasteiger partial charge in [-0.25, -0.2) is 14.8 Å². The van der Waals surface area contributed by atoms with Crippen LogP contribution in [0.5, 0.6) is 0 Å². The molecular weight excluding hydrogens is 298 g/mol. The van der Waals surface area contributed by atoms with Crippen molar-refractivity contribution in [1.29, 1.82) is 0 Å². The Morgan fingerprint density at radius 1 is 1.28 bits per heavy atom. The molecule has 18 heavy (non-hydrogen) atoms. The second-order valence-electron chi connectivity index (χ2n) is 3.87. The van der Waals surface area contributed by atoms with E-state index in [4.69, 9.17) is 5.11 Å². The maximum Gasteiger partial charge on any atom is 0.355 e. The van der Waals surface area contributed by atoms with Gasteiger partial charge in [0.25, 0.3) is 0 Å². The summed E-state index contributed by atoms with van der Waals surface area (Å²) in [5.41, 5.74) is 2.47. The van der Waals surface area contributed by atoms with Gasteiger partial charge in [-0.15, -0.1) is 0 Å². The van der Waals surface area contributed by atoms with E-state index in [-0.39, 0.29) is 5.69 Å². The monoisotopic (exact) mass is 307 g/mol. The van der Waals surface area contributed by atoms with E-state index in [9.17, 15) is 4.79 Å². The molecule has 2 aromatic rings. The number of carboxylic acids is 1. The topological polar surface area (TPSA) is 76.0 Å². The molecule has 1 N–H and O–H groups in total. The molecule has 5 nitrogen and oxygen atoms in total. The van der Waals surface area contributed by atoms with E-state index in [1.54, 1.807) is 6.20 Å². The van der Waals surface area contributed by atoms with E-state index in [2.05, 4.69) is 30.9 Å². The lowest BCUT2D eigenvalue weighted by molar-refractivity contribution is 0.0689. The van der Waals surface area contributed by atoms with Gasteiger partial charge in [-0.05, 0) is 40.9 Å². The summed E-state index contributed by atoms with van der Waals surface area (Å²) < 4.78 is 0.350. The third kappa shape index (κ3) is 2.38. The zero-order valence-electron chi connectivity index (χ0n) is 9.81. The van der Waals surface area contributed by atoms with Gasteiger partial charge in [0, 0.05) is 12.4 Å². The minimum absolute atomic E-state index is 0.0678. The maximum atomic E-state index is 11.0. The smallest absolute Gasteiger partial charge is 0.355 e. The first-order valence-corrected chi connectivity index (χ1v) is 5.98. The number of carbonyl (C=O) groups is 1. The van der Waals surface area contributed by atoms with E-state index in [0.29, 0.717) is 16.0 Å². The van der Waals surface area contributed by atoms with Gasteiger partial charge in [0.2, 0.25) is 0 Å². The predicted octanol–water partition coefficient (Wildman–Crippen LogP) is 2.62. The molecule has 2 heterocycles. The molecule has 0 amide bonds. The zero-order chi connectivity index (χ0) is 13.3. The van der Waals surface area contributed by atoms with E-state index in [1.165, 1.54) is 6.20 Å². The molecule has 2 rings (SSSR count). The lowest BCUT2D eigenvalue weighted by atomic mass is 10.1. The molecule has 0 atom stereocenters. The fourth-order valence-corrected chi connectivity index (χ4v) is 1.94. The molecule has 0 radical (unpaired) electrons. The van der Waals surface area contributed by atoms with Crippen LogP contribution in [0.2, 0.25) is 0 Å². The predicted molar refractivity (Wildman–Crippen MR) is 69.4 cm³/mol. The van der Waals surface area contributed by atoms with Gasteiger partial charge in [0.05, 0.1) is 4.47 Å². The fourth-order valence-electron chi connectivity index (χ4n) is 1.58. The molecule has 0 aliphatic heterocycles. The molecule has 0 aliphatic rings. The summed E-state index contributed by atoms with van der Waals surface area (Å²) >= 11 is 3.11. The van der Waals surface area contributed by atoms with Crippen molar-refractivity contribution < 1.29 is 9.90 Å². The number of hydrogen-bond acceptors (Lipinski definition) is 4. The zero-order valence-corrected chi connectivity index (χ0v) is 11.4. The van der Waals surface area contributed by atoms with Crippen LogP contribution < -0.4 is 0 Å². The lowest BCUT2D eigenvalue weighted by Crippen LogP contribution is -2.05. The van der Waals surface area contributed by atoms with Crippen LogP contribution in [-0.2, 0) is 0 Å². The summed E-state index contributed by atoms with van der Waals surface area (Å²) in [5.74, 6) is -0.789. The number of pyridine rings is 1. The quantitative estimate of drug-likeness (QED) is 0.923. The van der Waals surface area contributed by atoms with Crippen molar-refractivity contribution in [2.75, 3.05) is 0 Å². The summed E-state index contributed by atoms with van der Waals surface area (Å²) in [4.78, 5) is 23.4. The molecular formula is C12H10BrN3O2. The Labute approximate surface area is 112 Å². The molecule has 92 valence electrons. The first-order chi connectivity index (χ1) is 8.49. The van der Waals surface area contributed by atoms with Crippen LogP contribution in [0.4, 0.5) is 0 Å². The van der Waals surface area contributed by atoms with Gasteiger partial charge < -0.3 is 5.11 Å². The van der Waals surface area contributed by atoms with Gasteiger partial charge in [-0.3, -0.25) is 4.98 Å². The summed E-state index contributed by atoms with van der Waals surface area (Å²) in [6, 6.07) is 1.95. The van der Waals surface area contributed by atoms with Crippen LogP contribution in [0, 0.1) is 13.8 Å². The fraction of sp³-hybridized carbons (Fsp3) is 0.167. The summed E-state index contributed by atoms with van der Waals surface area (Å²) in [6.07, 6.45) is 3.13. The average Bonchev–Trinajstić information content (AvgIpc) is 2.30. The molecule has 2 aromatic heterocycles. The number of aromatic carboxylic acids is 1. The summed E-state index contributed by atoms with van der Waals surface area (Å²) in [7, 11) is 0. The highest BCUT2D eigenvalue weighted by Gasteiger charge is 2.14. The molecule has 0 aliphatic carbocycles. The maximum absolute atomic E-state index is 11.0. The molecule has 0 unspecified atom stereocenters. The van der Waals surface area contributed by atoms with Crippen molar-refractivity contribution >= 4 is 21.9 Å². The number of rotatable bonds is 2. The Morgan fingerprint density at radius 3 is 2.61 bits per heavy atom. The van der Waals surface area contributed by atoms with Gasteiger partial charge in [0.1, 0.15) is 5.69 Å². The molecule has 0 spiro atoms. The second-order valence-corrected chi connectivity index (χ2v) is 4.73. The summed E-state index contributed by atoms with van der Waals surface area (Å²) in [6.45, 7) is 3.83. The van der Waals surface area contributed by atoms with E-state index in [0.717, 1.165) is 11.1 Å². The third-order valence-corrected chi connectivity index (χ3v) is 2.95. The normalized spacial score (nSPS) is 10.4. The Balaban J connectivity index is 2.58. The van der Waals surface area contributed by atoms with Crippen LogP contribution in [0.3, 0.4) is 0 Å². The standard InChI is InChI=1S/C12H10BrN3O2/c1-6-3-7(2)9(14-4-6)11-15-5-8(13)10(16-11)12(17)18/h3-5H,1-2H3,(H,17,18). The highest BCUT2D eigenvalue weighted by Crippen LogP contribution is 2.21. The van der Waals surface area contributed by atoms with Gasteiger partial charge >= 0.3 is 5.97 Å². The highest BCUT2D eigenvalue weighted by molar-refractivity contribution is 9.10. The highest BCUT2D eigenvalue weighted by atomic mass is 79.9. The number of halogens is 1. The molecule has 0 fully saturated rings. The number of aromatic nitrogens is 3. The van der Waals surface area contributed by atoms with E-state index < -0.39 is 5.97 Å². The molecule has 0 saturated carbocycles. The molecule has 0 saturated heterocycles. The molecule has 0 bridgehead atoms. The van der Waals surface area contributed by atoms with Crippen LogP contribution in [-0.4, -0.2) is 26.0 Å². The lowest BCUT2D eigenvalue weighted by Gasteiger charge is -2.06. The van der Waals surface area contributed by atoms with E-state index in [1.807, 2.05) is 19.9 Å². The first-order valence-electron chi connectivity index (χ1n) is 5.18. The Morgan fingerprint density at radius 2 is 2.00 bits per heavy atom. The Bertz CT molecular complexity index is 629. The van der Waals surface area contributed by atoms with Crippen LogP contribution in [0.15, 0.2) is 22.9 Å². The summed E-state index contributed by atoms with van der Waals surface area (Å²) in [5, 5.41) is 9.01. The first kappa shape index (κ1) is 12.6. The number of carboxylic acid groups (broad SMARTS) is 1. The van der Waals surface area contributed by atoms with Crippen LogP contribution in [0.25, 0.3) is 11.5 Å². The number of hydrogen-bond donors (Lipinski definition) is 1. The minimum Gasteiger partial charge on any atom is -0.476 e. The number of aryl methyl sites for hydroxylation is 2. The van der Waals surface area contributed by atoms with Crippen molar-refractivity contribution in [3.63, 3.8) is 0 Å². The third-order valence-electron chi connectivity index (χ3n) is 2.37. The van der Waals surface area contributed by atoms with E-state index >= 15 is 0 Å². The average molecular weight is 308 g/mol. The number of nitrogens with zero attached hydrogens (tertiary/aromatic N) is 3. The van der Waals surface area contributed by atoms with Crippen molar-refractivity contribution in [2.24, 2.45) is 0 Å². The largest absolute Gasteiger partial charge is 0.476 e.